The first kappa shape index (κ1) is 46.6. The Morgan fingerprint density at radius 2 is 1.62 bits per heavy atom. The van der Waals surface area contributed by atoms with E-state index in [-0.39, 0.29) is 67.4 Å². The highest BCUT2D eigenvalue weighted by Gasteiger charge is 2.50. The Balaban J connectivity index is 1.09. The molecule has 15 heteroatoms. The molecule has 1 unspecified atom stereocenters. The average Bonchev–Trinajstić information content (AvgIpc) is 3.96. The van der Waals surface area contributed by atoms with Gasteiger partial charge in [-0.3, -0.25) is 4.79 Å². The van der Waals surface area contributed by atoms with Crippen molar-refractivity contribution in [1.82, 2.24) is 4.31 Å². The van der Waals surface area contributed by atoms with E-state index in [2.05, 4.69) is 13.8 Å². The summed E-state index contributed by atoms with van der Waals surface area (Å²) in [7, 11) is -0.966. The number of hydrogen-bond acceptors (Lipinski definition) is 12. The van der Waals surface area contributed by atoms with E-state index in [1.54, 1.807) is 30.6 Å². The maximum Gasteiger partial charge on any atom is 0.337 e. The van der Waals surface area contributed by atoms with Crippen LogP contribution in [0, 0.1) is 23.2 Å². The Hall–Kier alpha value is -4.35. The zero-order chi connectivity index (χ0) is 45.1. The number of esters is 1. The van der Waals surface area contributed by atoms with Crippen LogP contribution in [0.3, 0.4) is 0 Å². The molecule has 13 nitrogen and oxygen atoms in total. The van der Waals surface area contributed by atoms with E-state index in [0.717, 1.165) is 51.3 Å². The normalized spacial score (nSPS) is 21.5. The molecule has 0 spiro atoms. The zero-order valence-electron chi connectivity index (χ0n) is 36.8. The van der Waals surface area contributed by atoms with Crippen molar-refractivity contribution in [2.75, 3.05) is 40.5 Å². The molecule has 6 atom stereocenters. The fraction of sp³-hybridized carbons (Fsp3) is 0.500. The predicted molar refractivity (Wildman–Crippen MR) is 238 cm³/mol. The maximum absolute atomic E-state index is 14.0. The van der Waals surface area contributed by atoms with Crippen LogP contribution < -0.4 is 9.47 Å². The molecule has 0 amide bonds. The molecule has 340 valence electrons. The van der Waals surface area contributed by atoms with Crippen molar-refractivity contribution in [1.29, 1.82) is 0 Å². The lowest BCUT2D eigenvalue weighted by atomic mass is 9.76. The number of thiophene rings is 1. The topological polar surface area (TPSA) is 167 Å². The van der Waals surface area contributed by atoms with Gasteiger partial charge in [0.15, 0.2) is 6.29 Å². The number of nitrogens with zero attached hydrogens (tertiary/aromatic N) is 1. The number of fused-ring (bicyclic) bond motifs is 2. The van der Waals surface area contributed by atoms with E-state index in [1.807, 2.05) is 62.4 Å². The molecule has 3 heterocycles. The van der Waals surface area contributed by atoms with Gasteiger partial charge in [0.25, 0.3) is 0 Å². The van der Waals surface area contributed by atoms with Crippen LogP contribution >= 0.6 is 11.3 Å². The van der Waals surface area contributed by atoms with Crippen LogP contribution in [-0.4, -0.2) is 100.0 Å². The van der Waals surface area contributed by atoms with Crippen molar-refractivity contribution in [2.24, 2.45) is 23.2 Å². The summed E-state index contributed by atoms with van der Waals surface area (Å²) in [6, 6.07) is 21.2. The summed E-state index contributed by atoms with van der Waals surface area (Å²) in [5, 5.41) is 22.3. The van der Waals surface area contributed by atoms with Crippen LogP contribution in [0.25, 0.3) is 10.4 Å². The molecule has 1 aromatic heterocycles. The second-order valence-corrected chi connectivity index (χ2v) is 21.0. The molecule has 3 aromatic carbocycles. The van der Waals surface area contributed by atoms with E-state index in [0.29, 0.717) is 23.7 Å². The number of carboxylic acids is 1. The minimum absolute atomic E-state index is 0.0343. The van der Waals surface area contributed by atoms with Crippen molar-refractivity contribution in [3.8, 4) is 21.9 Å². The zero-order valence-corrected chi connectivity index (χ0v) is 38.4. The molecule has 0 radical (unpaired) electrons. The van der Waals surface area contributed by atoms with Gasteiger partial charge < -0.3 is 38.6 Å². The quantitative estimate of drug-likeness (QED) is 0.0897. The number of carbonyl (C=O) groups excluding carboxylic acids is 1. The van der Waals surface area contributed by atoms with Crippen molar-refractivity contribution in [3.63, 3.8) is 0 Å². The number of aliphatic hydroxyl groups excluding tert-OH is 1. The second kappa shape index (κ2) is 19.8. The van der Waals surface area contributed by atoms with Crippen molar-refractivity contribution >= 4 is 33.3 Å². The molecule has 2 saturated heterocycles. The number of ether oxygens (including phenoxy) is 6. The molecular formula is C48H59NO12S2. The summed E-state index contributed by atoms with van der Waals surface area (Å²) in [6.07, 6.45) is -0.0583. The summed E-state index contributed by atoms with van der Waals surface area (Å²) >= 11 is 1.57. The van der Waals surface area contributed by atoms with Gasteiger partial charge in [0.2, 0.25) is 10.0 Å². The minimum atomic E-state index is -4.04. The molecule has 0 bridgehead atoms. The Morgan fingerprint density at radius 3 is 2.29 bits per heavy atom. The number of methoxy groups -OCH3 is 2. The first-order chi connectivity index (χ1) is 30.1. The molecule has 7 rings (SSSR count). The predicted octanol–water partition coefficient (Wildman–Crippen LogP) is 7.40. The second-order valence-electron chi connectivity index (χ2n) is 18.0. The molecule has 2 fully saturated rings. The van der Waals surface area contributed by atoms with Crippen LogP contribution in [-0.2, 0) is 59.6 Å². The largest absolute Gasteiger partial charge is 0.497 e. The van der Waals surface area contributed by atoms with Crippen LogP contribution in [0.15, 0.2) is 77.7 Å². The third-order valence-corrected chi connectivity index (χ3v) is 15.5. The van der Waals surface area contributed by atoms with Crippen LogP contribution in [0.2, 0.25) is 0 Å². The number of rotatable bonds is 19. The number of aryl methyl sites for hydroxylation is 1. The fourth-order valence-electron chi connectivity index (χ4n) is 8.90. The Bertz CT molecular complexity index is 2330. The lowest BCUT2D eigenvalue weighted by Crippen LogP contribution is -2.43. The lowest BCUT2D eigenvalue weighted by Gasteiger charge is -2.30. The minimum Gasteiger partial charge on any atom is -0.497 e. The standard InChI is InChI=1S/C48H59NO12S2/c1-29(2)24-49(63(54,55)35-17-15-33(56-5)16-18-35)25-38(50)32(22-42(51)61-40-28-60-47-44(40)39(57-6)27-59-47)21-30-11-13-34(14-12-30)58-26-31-9-7-8-10-36(31)45-43(46(52)53)37-23-48(3,4)20-19-41(37)62-45/h7-18,29,32,38-40,44,47,50H,19-28H2,1-6H3,(H,52,53)/t32-,38-,39+,40?,44+,47-/m1/s1. The van der Waals surface area contributed by atoms with E-state index >= 15 is 0 Å². The summed E-state index contributed by atoms with van der Waals surface area (Å²) in [5.41, 5.74) is 3.85. The lowest BCUT2D eigenvalue weighted by molar-refractivity contribution is -0.154. The highest BCUT2D eigenvalue weighted by molar-refractivity contribution is 7.89. The fourth-order valence-corrected chi connectivity index (χ4v) is 11.9. The number of aliphatic hydroxyl groups is 1. The van der Waals surface area contributed by atoms with Crippen LogP contribution in [0.4, 0.5) is 0 Å². The molecule has 2 aliphatic heterocycles. The van der Waals surface area contributed by atoms with Gasteiger partial charge in [-0.25, -0.2) is 13.2 Å². The molecule has 0 saturated carbocycles. The van der Waals surface area contributed by atoms with Gasteiger partial charge in [-0.15, -0.1) is 11.3 Å². The third-order valence-electron chi connectivity index (χ3n) is 12.3. The van der Waals surface area contributed by atoms with Gasteiger partial charge in [-0.2, -0.15) is 4.31 Å². The van der Waals surface area contributed by atoms with E-state index < -0.39 is 46.4 Å². The third kappa shape index (κ3) is 10.8. The van der Waals surface area contributed by atoms with E-state index in [9.17, 15) is 28.2 Å². The van der Waals surface area contributed by atoms with Crippen molar-refractivity contribution in [3.05, 3.63) is 99.9 Å². The molecule has 63 heavy (non-hydrogen) atoms. The van der Waals surface area contributed by atoms with Gasteiger partial charge in [-0.1, -0.05) is 64.1 Å². The summed E-state index contributed by atoms with van der Waals surface area (Å²) < 4.78 is 63.8. The number of benzene rings is 3. The number of carbonyl (C=O) groups is 2. The van der Waals surface area contributed by atoms with Crippen LogP contribution in [0.1, 0.15) is 72.5 Å². The highest BCUT2D eigenvalue weighted by atomic mass is 32.2. The summed E-state index contributed by atoms with van der Waals surface area (Å²) in [5.74, 6) is -1.47. The summed E-state index contributed by atoms with van der Waals surface area (Å²) in [4.78, 5) is 28.4. The first-order valence-corrected chi connectivity index (χ1v) is 23.8. The monoisotopic (exact) mass is 905 g/mol. The number of sulfonamides is 1. The van der Waals surface area contributed by atoms with Crippen molar-refractivity contribution < 1.29 is 56.6 Å². The molecule has 3 aliphatic rings. The number of aromatic carboxylic acids is 1. The van der Waals surface area contributed by atoms with E-state index in [4.69, 9.17) is 28.4 Å². The smallest absolute Gasteiger partial charge is 0.337 e. The van der Waals surface area contributed by atoms with Gasteiger partial charge in [0, 0.05) is 35.9 Å². The van der Waals surface area contributed by atoms with Crippen LogP contribution in [0.5, 0.6) is 11.5 Å². The Morgan fingerprint density at radius 1 is 0.937 bits per heavy atom. The van der Waals surface area contributed by atoms with E-state index in [1.165, 1.54) is 23.5 Å². The van der Waals surface area contributed by atoms with Gasteiger partial charge >= 0.3 is 11.9 Å². The number of hydrogen-bond donors (Lipinski definition) is 2. The van der Waals surface area contributed by atoms with Crippen molar-refractivity contribution in [2.45, 2.75) is 95.9 Å². The van der Waals surface area contributed by atoms with Gasteiger partial charge in [0.1, 0.15) is 24.2 Å². The Labute approximate surface area is 374 Å². The highest BCUT2D eigenvalue weighted by Crippen LogP contribution is 2.46. The average molecular weight is 906 g/mol. The van der Waals surface area contributed by atoms with Gasteiger partial charge in [-0.05, 0) is 95.7 Å². The molecule has 2 N–H and O–H groups in total. The summed E-state index contributed by atoms with van der Waals surface area (Å²) in [6.45, 7) is 8.74. The molecule has 4 aromatic rings. The molecule has 1 aliphatic carbocycles. The SMILES string of the molecule is COc1ccc(S(=O)(=O)N(CC(C)C)C[C@@H](O)[C@@H](CC(=O)OC2CO[C@H]3OC[C@H](OC)[C@@H]23)Cc2ccc(OCc3ccccc3-c3sc4c(c3C(=O)O)CC(C)(C)CC4)cc2)cc1. The Kier molecular flexibility index (Phi) is 14.7. The molecular weight excluding hydrogens is 847 g/mol. The van der Waals surface area contributed by atoms with Gasteiger partial charge in [0.05, 0.1) is 55.3 Å². The maximum atomic E-state index is 14.0. The number of carboxylic acid groups (broad SMARTS) is 1. The first-order valence-electron chi connectivity index (χ1n) is 21.5.